The zero-order valence-electron chi connectivity index (χ0n) is 8.47. The third kappa shape index (κ3) is 4.22. The zero-order chi connectivity index (χ0) is 11.3. The van der Waals surface area contributed by atoms with E-state index < -0.39 is 0 Å². The lowest BCUT2D eigenvalue weighted by molar-refractivity contribution is -0.118. The van der Waals surface area contributed by atoms with Crippen molar-refractivity contribution in [3.05, 3.63) is 34.3 Å². The van der Waals surface area contributed by atoms with Crippen molar-refractivity contribution in [1.29, 1.82) is 0 Å². The van der Waals surface area contributed by atoms with E-state index in [1.165, 1.54) is 5.56 Å². The van der Waals surface area contributed by atoms with Crippen LogP contribution < -0.4 is 5.32 Å². The minimum absolute atomic E-state index is 0.0191. The Morgan fingerprint density at radius 2 is 2.33 bits per heavy atom. The van der Waals surface area contributed by atoms with Gasteiger partial charge in [-0.05, 0) is 23.6 Å². The molecule has 1 amide bonds. The number of hydrogen-bond donors (Lipinski definition) is 1. The highest BCUT2D eigenvalue weighted by Gasteiger charge is 2.07. The van der Waals surface area contributed by atoms with Gasteiger partial charge in [0, 0.05) is 11.0 Å². The van der Waals surface area contributed by atoms with E-state index in [1.807, 2.05) is 18.2 Å². The largest absolute Gasteiger partial charge is 0.354 e. The molecule has 2 nitrogen and oxygen atoms in total. The van der Waals surface area contributed by atoms with E-state index in [-0.39, 0.29) is 17.7 Å². The van der Waals surface area contributed by atoms with Crippen LogP contribution in [-0.4, -0.2) is 18.3 Å². The van der Waals surface area contributed by atoms with Gasteiger partial charge in [0.05, 0.1) is 0 Å². The van der Waals surface area contributed by atoms with E-state index in [0.717, 1.165) is 4.47 Å². The van der Waals surface area contributed by atoms with E-state index >= 15 is 0 Å². The van der Waals surface area contributed by atoms with Crippen molar-refractivity contribution in [2.45, 2.75) is 12.8 Å². The summed E-state index contributed by atoms with van der Waals surface area (Å²) in [6, 6.07) is 8.06. The summed E-state index contributed by atoms with van der Waals surface area (Å²) in [5.74, 6) is 0.179. The SMILES string of the molecule is CC(CNC(=O)CCl)c1cccc(Br)c1. The van der Waals surface area contributed by atoms with Crippen molar-refractivity contribution in [2.24, 2.45) is 0 Å². The van der Waals surface area contributed by atoms with Crippen LogP contribution in [0.25, 0.3) is 0 Å². The summed E-state index contributed by atoms with van der Waals surface area (Å²) in [6.45, 7) is 2.68. The van der Waals surface area contributed by atoms with Gasteiger partial charge in [-0.2, -0.15) is 0 Å². The van der Waals surface area contributed by atoms with Crippen molar-refractivity contribution < 1.29 is 4.79 Å². The summed E-state index contributed by atoms with van der Waals surface area (Å²) in [5.41, 5.74) is 1.19. The van der Waals surface area contributed by atoms with Gasteiger partial charge in [0.2, 0.25) is 5.91 Å². The normalized spacial score (nSPS) is 12.2. The lowest BCUT2D eigenvalue weighted by atomic mass is 10.0. The average molecular weight is 291 g/mol. The molecule has 0 spiro atoms. The standard InChI is InChI=1S/C11H13BrClNO/c1-8(7-14-11(15)6-13)9-3-2-4-10(12)5-9/h2-5,8H,6-7H2,1H3,(H,14,15). The lowest BCUT2D eigenvalue weighted by Gasteiger charge is -2.12. The molecule has 4 heteroatoms. The number of halogens is 2. The third-order valence-corrected chi connectivity index (χ3v) is 2.88. The van der Waals surface area contributed by atoms with Crippen LogP contribution in [0.3, 0.4) is 0 Å². The molecule has 0 aliphatic heterocycles. The molecule has 1 atom stereocenters. The molecule has 0 bridgehead atoms. The topological polar surface area (TPSA) is 29.1 Å². The van der Waals surface area contributed by atoms with Crippen LogP contribution >= 0.6 is 27.5 Å². The number of alkyl halides is 1. The highest BCUT2D eigenvalue weighted by molar-refractivity contribution is 9.10. The van der Waals surface area contributed by atoms with Gasteiger partial charge in [-0.1, -0.05) is 35.0 Å². The molecule has 15 heavy (non-hydrogen) atoms. The molecule has 0 heterocycles. The summed E-state index contributed by atoms with van der Waals surface area (Å²) in [7, 11) is 0. The van der Waals surface area contributed by atoms with Crippen molar-refractivity contribution in [1.82, 2.24) is 5.32 Å². The number of carbonyl (C=O) groups is 1. The summed E-state index contributed by atoms with van der Waals surface area (Å²) in [6.07, 6.45) is 0. The Labute approximate surface area is 103 Å². The quantitative estimate of drug-likeness (QED) is 0.849. The van der Waals surface area contributed by atoms with Crippen LogP contribution in [0.5, 0.6) is 0 Å². The maximum atomic E-state index is 11.0. The predicted molar refractivity (Wildman–Crippen MR) is 66.3 cm³/mol. The molecule has 0 saturated heterocycles. The minimum atomic E-state index is -0.126. The minimum Gasteiger partial charge on any atom is -0.354 e. The van der Waals surface area contributed by atoms with Gasteiger partial charge >= 0.3 is 0 Å². The van der Waals surface area contributed by atoms with E-state index in [1.54, 1.807) is 0 Å². The molecule has 0 fully saturated rings. The van der Waals surface area contributed by atoms with Gasteiger partial charge in [-0.3, -0.25) is 4.79 Å². The van der Waals surface area contributed by atoms with Gasteiger partial charge in [0.1, 0.15) is 5.88 Å². The van der Waals surface area contributed by atoms with Gasteiger partial charge in [0.15, 0.2) is 0 Å². The highest BCUT2D eigenvalue weighted by atomic mass is 79.9. The van der Waals surface area contributed by atoms with Gasteiger partial charge in [-0.25, -0.2) is 0 Å². The van der Waals surface area contributed by atoms with Gasteiger partial charge < -0.3 is 5.32 Å². The molecule has 1 N–H and O–H groups in total. The first-order chi connectivity index (χ1) is 7.13. The molecular weight excluding hydrogens is 277 g/mol. The number of amides is 1. The second-order valence-corrected chi connectivity index (χ2v) is 4.58. The maximum Gasteiger partial charge on any atom is 0.234 e. The Bertz CT molecular complexity index is 343. The highest BCUT2D eigenvalue weighted by Crippen LogP contribution is 2.18. The predicted octanol–water partition coefficient (Wildman–Crippen LogP) is 2.91. The lowest BCUT2D eigenvalue weighted by Crippen LogP contribution is -2.28. The van der Waals surface area contributed by atoms with E-state index in [4.69, 9.17) is 11.6 Å². The second-order valence-electron chi connectivity index (χ2n) is 3.39. The van der Waals surface area contributed by atoms with E-state index in [2.05, 4.69) is 34.2 Å². The van der Waals surface area contributed by atoms with E-state index in [0.29, 0.717) is 6.54 Å². The number of nitrogens with one attached hydrogen (secondary N) is 1. The molecule has 0 saturated carbocycles. The van der Waals surface area contributed by atoms with Crippen molar-refractivity contribution >= 4 is 33.4 Å². The Morgan fingerprint density at radius 3 is 2.93 bits per heavy atom. The first-order valence-electron chi connectivity index (χ1n) is 4.71. The van der Waals surface area contributed by atoms with Crippen molar-refractivity contribution in [3.63, 3.8) is 0 Å². The Hall–Kier alpha value is -0.540. The smallest absolute Gasteiger partial charge is 0.234 e. The Morgan fingerprint density at radius 1 is 1.60 bits per heavy atom. The zero-order valence-corrected chi connectivity index (χ0v) is 10.8. The van der Waals surface area contributed by atoms with Gasteiger partial charge in [0.25, 0.3) is 0 Å². The summed E-state index contributed by atoms with van der Waals surface area (Å²) in [5, 5.41) is 2.76. The fourth-order valence-electron chi connectivity index (χ4n) is 1.25. The fourth-order valence-corrected chi connectivity index (χ4v) is 1.76. The molecule has 1 rings (SSSR count). The summed E-state index contributed by atoms with van der Waals surface area (Å²) < 4.78 is 1.05. The second kappa shape index (κ2) is 6.13. The number of carbonyl (C=O) groups excluding carboxylic acids is 1. The van der Waals surface area contributed by atoms with Gasteiger partial charge in [-0.15, -0.1) is 11.6 Å². The average Bonchev–Trinajstić information content (AvgIpc) is 2.25. The van der Waals surface area contributed by atoms with Crippen molar-refractivity contribution in [2.75, 3.05) is 12.4 Å². The van der Waals surface area contributed by atoms with Crippen LogP contribution in [0, 0.1) is 0 Å². The van der Waals surface area contributed by atoms with Crippen LogP contribution in [0.1, 0.15) is 18.4 Å². The molecule has 82 valence electrons. The molecule has 0 aliphatic rings. The van der Waals surface area contributed by atoms with Crippen LogP contribution in [0.2, 0.25) is 0 Å². The first-order valence-corrected chi connectivity index (χ1v) is 6.04. The Balaban J connectivity index is 2.53. The molecule has 1 unspecified atom stereocenters. The monoisotopic (exact) mass is 289 g/mol. The summed E-state index contributed by atoms with van der Waals surface area (Å²) in [4.78, 5) is 11.0. The molecular formula is C11H13BrClNO. The van der Waals surface area contributed by atoms with Crippen LogP contribution in [-0.2, 0) is 4.79 Å². The molecule has 0 aliphatic carbocycles. The maximum absolute atomic E-state index is 11.0. The number of benzene rings is 1. The first kappa shape index (κ1) is 12.5. The van der Waals surface area contributed by atoms with Crippen LogP contribution in [0.4, 0.5) is 0 Å². The molecule has 0 radical (unpaired) electrons. The fraction of sp³-hybridized carbons (Fsp3) is 0.364. The molecule has 1 aromatic rings. The number of hydrogen-bond acceptors (Lipinski definition) is 1. The molecule has 0 aromatic heterocycles. The Kier molecular flexibility index (Phi) is 5.12. The van der Waals surface area contributed by atoms with Crippen LogP contribution in [0.15, 0.2) is 28.7 Å². The van der Waals surface area contributed by atoms with E-state index in [9.17, 15) is 4.79 Å². The summed E-state index contributed by atoms with van der Waals surface area (Å²) >= 11 is 8.80. The molecule has 1 aromatic carbocycles. The third-order valence-electron chi connectivity index (χ3n) is 2.14. The number of rotatable bonds is 4. The van der Waals surface area contributed by atoms with Crippen molar-refractivity contribution in [3.8, 4) is 0 Å².